The topological polar surface area (TPSA) is 92.7 Å². The Kier molecular flexibility index (Phi) is 6.73. The Morgan fingerprint density at radius 3 is 2.08 bits per heavy atom. The second kappa shape index (κ2) is 8.14. The summed E-state index contributed by atoms with van der Waals surface area (Å²) < 4.78 is 5.26. The van der Waals surface area contributed by atoms with E-state index in [1.54, 1.807) is 12.1 Å². The summed E-state index contributed by atoms with van der Waals surface area (Å²) in [5.41, 5.74) is -0.158. The van der Waals surface area contributed by atoms with Gasteiger partial charge in [0, 0.05) is 12.0 Å². The summed E-state index contributed by atoms with van der Waals surface area (Å²) in [6, 6.07) is 6.19. The van der Waals surface area contributed by atoms with Gasteiger partial charge >= 0.3 is 11.9 Å². The number of carboxylic acid groups (broad SMARTS) is 1. The predicted molar refractivity (Wildman–Crippen MR) is 94.4 cm³/mol. The molecule has 6 nitrogen and oxygen atoms in total. The van der Waals surface area contributed by atoms with Gasteiger partial charge in [0.1, 0.15) is 5.60 Å². The molecule has 25 heavy (non-hydrogen) atoms. The molecule has 0 aliphatic carbocycles. The summed E-state index contributed by atoms with van der Waals surface area (Å²) in [5.74, 6) is -1.48. The van der Waals surface area contributed by atoms with Gasteiger partial charge in [-0.25, -0.2) is 4.79 Å². The number of carbonyl (C=O) groups is 3. The van der Waals surface area contributed by atoms with Crippen molar-refractivity contribution in [3.63, 3.8) is 0 Å². The lowest BCUT2D eigenvalue weighted by atomic mass is 9.97. The first-order chi connectivity index (χ1) is 11.4. The van der Waals surface area contributed by atoms with Crippen molar-refractivity contribution >= 4 is 17.8 Å². The summed E-state index contributed by atoms with van der Waals surface area (Å²) in [7, 11) is 0. The van der Waals surface area contributed by atoms with Crippen LogP contribution < -0.4 is 5.32 Å². The number of aromatic carboxylic acids is 1. The van der Waals surface area contributed by atoms with Gasteiger partial charge in [-0.1, -0.05) is 12.1 Å². The minimum atomic E-state index is -1.00. The number of nitrogens with one attached hydrogen (secondary N) is 1. The van der Waals surface area contributed by atoms with Gasteiger partial charge in [0.25, 0.3) is 0 Å². The van der Waals surface area contributed by atoms with E-state index in [0.29, 0.717) is 6.42 Å². The first-order valence-electron chi connectivity index (χ1n) is 8.23. The lowest BCUT2D eigenvalue weighted by Crippen LogP contribution is -2.44. The molecule has 0 aromatic heterocycles. The number of benzene rings is 1. The van der Waals surface area contributed by atoms with Crippen molar-refractivity contribution in [1.29, 1.82) is 0 Å². The van der Waals surface area contributed by atoms with E-state index < -0.39 is 17.1 Å². The number of hydrogen-bond donors (Lipinski definition) is 2. The molecule has 0 saturated carbocycles. The smallest absolute Gasteiger partial charge is 0.335 e. The standard InChI is InChI=1S/C19H27NO5/c1-18(2,3)25-16(22)10-11-19(4,5)20-15(21)12-13-6-8-14(9-7-13)17(23)24/h6-9H,10-12H2,1-5H3,(H,20,21)(H,23,24). The maximum atomic E-state index is 12.2. The molecule has 0 fully saturated rings. The summed E-state index contributed by atoms with van der Waals surface area (Å²) in [6.45, 7) is 9.14. The van der Waals surface area contributed by atoms with Gasteiger partial charge in [-0.15, -0.1) is 0 Å². The molecule has 0 heterocycles. The SMILES string of the molecule is CC(C)(CCC(=O)OC(C)(C)C)NC(=O)Cc1ccc(C(=O)O)cc1. The largest absolute Gasteiger partial charge is 0.478 e. The zero-order chi connectivity index (χ0) is 19.3. The number of amides is 1. The summed E-state index contributed by atoms with van der Waals surface area (Å²) in [5, 5.41) is 11.8. The molecule has 0 atom stereocenters. The van der Waals surface area contributed by atoms with Crippen LogP contribution in [0.1, 0.15) is 63.4 Å². The van der Waals surface area contributed by atoms with E-state index in [-0.39, 0.29) is 30.3 Å². The molecular formula is C19H27NO5. The Labute approximate surface area is 148 Å². The number of hydrogen-bond acceptors (Lipinski definition) is 4. The number of rotatable bonds is 7. The van der Waals surface area contributed by atoms with Crippen LogP contribution in [0, 0.1) is 0 Å². The average molecular weight is 349 g/mol. The van der Waals surface area contributed by atoms with Crippen LogP contribution in [0.2, 0.25) is 0 Å². The van der Waals surface area contributed by atoms with Crippen LogP contribution in [-0.2, 0) is 20.7 Å². The van der Waals surface area contributed by atoms with Crippen molar-refractivity contribution in [2.45, 2.75) is 65.0 Å². The molecule has 0 bridgehead atoms. The molecule has 2 N–H and O–H groups in total. The van der Waals surface area contributed by atoms with Gasteiger partial charge < -0.3 is 15.2 Å². The third-order valence-corrected chi connectivity index (χ3v) is 3.42. The number of ether oxygens (including phenoxy) is 1. The molecule has 0 spiro atoms. The molecule has 0 unspecified atom stereocenters. The van der Waals surface area contributed by atoms with E-state index in [1.165, 1.54) is 12.1 Å². The van der Waals surface area contributed by atoms with Gasteiger partial charge in [-0.3, -0.25) is 9.59 Å². The third-order valence-electron chi connectivity index (χ3n) is 3.42. The average Bonchev–Trinajstić information content (AvgIpc) is 2.43. The zero-order valence-electron chi connectivity index (χ0n) is 15.5. The Morgan fingerprint density at radius 1 is 1.04 bits per heavy atom. The van der Waals surface area contributed by atoms with Crippen molar-refractivity contribution in [1.82, 2.24) is 5.32 Å². The number of esters is 1. The highest BCUT2D eigenvalue weighted by atomic mass is 16.6. The fourth-order valence-corrected chi connectivity index (χ4v) is 2.24. The number of carbonyl (C=O) groups excluding carboxylic acids is 2. The second-order valence-corrected chi connectivity index (χ2v) is 7.70. The molecule has 0 aliphatic rings. The molecule has 1 aromatic rings. The Bertz CT molecular complexity index is 626. The van der Waals surface area contributed by atoms with E-state index in [2.05, 4.69) is 5.32 Å². The van der Waals surface area contributed by atoms with Crippen molar-refractivity contribution in [2.24, 2.45) is 0 Å². The fraction of sp³-hybridized carbons (Fsp3) is 0.526. The maximum Gasteiger partial charge on any atom is 0.335 e. The van der Waals surface area contributed by atoms with Crippen molar-refractivity contribution < 1.29 is 24.2 Å². The molecule has 6 heteroatoms. The molecule has 0 saturated heterocycles. The minimum absolute atomic E-state index is 0.149. The quantitative estimate of drug-likeness (QED) is 0.738. The van der Waals surface area contributed by atoms with Gasteiger partial charge in [-0.05, 0) is 58.7 Å². The van der Waals surface area contributed by atoms with Crippen LogP contribution in [0.4, 0.5) is 0 Å². The van der Waals surface area contributed by atoms with Crippen LogP contribution in [0.25, 0.3) is 0 Å². The first-order valence-corrected chi connectivity index (χ1v) is 8.23. The van der Waals surface area contributed by atoms with E-state index in [1.807, 2.05) is 34.6 Å². The van der Waals surface area contributed by atoms with Gasteiger partial charge in [0.2, 0.25) is 5.91 Å². The lowest BCUT2D eigenvalue weighted by Gasteiger charge is -2.27. The van der Waals surface area contributed by atoms with Crippen LogP contribution in [-0.4, -0.2) is 34.1 Å². The summed E-state index contributed by atoms with van der Waals surface area (Å²) >= 11 is 0. The molecular weight excluding hydrogens is 322 g/mol. The van der Waals surface area contributed by atoms with Gasteiger partial charge in [0.05, 0.1) is 12.0 Å². The monoisotopic (exact) mass is 349 g/mol. The van der Waals surface area contributed by atoms with Crippen LogP contribution in [0.3, 0.4) is 0 Å². The normalized spacial score (nSPS) is 11.7. The van der Waals surface area contributed by atoms with Crippen molar-refractivity contribution in [3.8, 4) is 0 Å². The Balaban J connectivity index is 2.51. The highest BCUT2D eigenvalue weighted by Crippen LogP contribution is 2.15. The molecule has 1 aromatic carbocycles. The molecule has 1 amide bonds. The lowest BCUT2D eigenvalue weighted by molar-refractivity contribution is -0.155. The van der Waals surface area contributed by atoms with Gasteiger partial charge in [0.15, 0.2) is 0 Å². The van der Waals surface area contributed by atoms with Crippen LogP contribution >= 0.6 is 0 Å². The highest BCUT2D eigenvalue weighted by molar-refractivity contribution is 5.87. The molecule has 1 rings (SSSR count). The van der Waals surface area contributed by atoms with E-state index in [4.69, 9.17) is 9.84 Å². The minimum Gasteiger partial charge on any atom is -0.478 e. The van der Waals surface area contributed by atoms with Crippen LogP contribution in [0.5, 0.6) is 0 Å². The summed E-state index contributed by atoms with van der Waals surface area (Å²) in [6.07, 6.45) is 0.833. The highest BCUT2D eigenvalue weighted by Gasteiger charge is 2.24. The van der Waals surface area contributed by atoms with E-state index in [9.17, 15) is 14.4 Å². The van der Waals surface area contributed by atoms with Gasteiger partial charge in [-0.2, -0.15) is 0 Å². The fourth-order valence-electron chi connectivity index (χ4n) is 2.24. The molecule has 0 aliphatic heterocycles. The van der Waals surface area contributed by atoms with E-state index >= 15 is 0 Å². The van der Waals surface area contributed by atoms with Crippen molar-refractivity contribution in [2.75, 3.05) is 0 Å². The Morgan fingerprint density at radius 2 is 1.60 bits per heavy atom. The van der Waals surface area contributed by atoms with E-state index in [0.717, 1.165) is 5.56 Å². The Hall–Kier alpha value is -2.37. The maximum absolute atomic E-state index is 12.2. The zero-order valence-corrected chi connectivity index (χ0v) is 15.5. The predicted octanol–water partition coefficient (Wildman–Crippen LogP) is 2.94. The van der Waals surface area contributed by atoms with Crippen molar-refractivity contribution in [3.05, 3.63) is 35.4 Å². The third kappa shape index (κ3) is 8.33. The van der Waals surface area contributed by atoms with Crippen LogP contribution in [0.15, 0.2) is 24.3 Å². The summed E-state index contributed by atoms with van der Waals surface area (Å²) in [4.78, 5) is 34.8. The molecule has 138 valence electrons. The first kappa shape index (κ1) is 20.7. The molecule has 0 radical (unpaired) electrons. The second-order valence-electron chi connectivity index (χ2n) is 7.70. The number of carboxylic acids is 1.